The first-order valence-electron chi connectivity index (χ1n) is 5.92. The van der Waals surface area contributed by atoms with Crippen LogP contribution in [0.15, 0.2) is 42.5 Å². The molecule has 0 amide bonds. The molecule has 0 aromatic heterocycles. The van der Waals surface area contributed by atoms with Crippen molar-refractivity contribution in [1.82, 2.24) is 5.32 Å². The van der Waals surface area contributed by atoms with Gasteiger partial charge in [0.25, 0.3) is 0 Å². The molecule has 0 radical (unpaired) electrons. The van der Waals surface area contributed by atoms with Crippen LogP contribution in [0.5, 0.6) is 5.75 Å². The van der Waals surface area contributed by atoms with Crippen LogP contribution in [0.4, 0.5) is 4.39 Å². The monoisotopic (exact) mass is 279 g/mol. The molecule has 0 aliphatic carbocycles. The average Bonchev–Trinajstić information content (AvgIpc) is 2.44. The molecule has 1 unspecified atom stereocenters. The summed E-state index contributed by atoms with van der Waals surface area (Å²) in [6.07, 6.45) is 0. The predicted molar refractivity (Wildman–Crippen MR) is 75.3 cm³/mol. The summed E-state index contributed by atoms with van der Waals surface area (Å²) < 4.78 is 18.8. The minimum Gasteiger partial charge on any atom is -0.496 e. The van der Waals surface area contributed by atoms with Gasteiger partial charge in [-0.1, -0.05) is 29.8 Å². The maximum absolute atomic E-state index is 13.4. The van der Waals surface area contributed by atoms with Crippen molar-refractivity contribution in [3.63, 3.8) is 0 Å². The molecule has 2 aromatic carbocycles. The van der Waals surface area contributed by atoms with Crippen molar-refractivity contribution in [1.29, 1.82) is 0 Å². The molecule has 2 rings (SSSR count). The number of nitrogens with one attached hydrogen (secondary N) is 1. The van der Waals surface area contributed by atoms with Gasteiger partial charge in [-0.25, -0.2) is 4.39 Å². The van der Waals surface area contributed by atoms with E-state index in [0.717, 1.165) is 11.3 Å². The van der Waals surface area contributed by atoms with Crippen molar-refractivity contribution < 1.29 is 9.13 Å². The fourth-order valence-corrected chi connectivity index (χ4v) is 2.35. The lowest BCUT2D eigenvalue weighted by atomic mass is 9.98. The van der Waals surface area contributed by atoms with Gasteiger partial charge in [0.15, 0.2) is 0 Å². The summed E-state index contributed by atoms with van der Waals surface area (Å²) in [5, 5.41) is 3.67. The average molecular weight is 280 g/mol. The Morgan fingerprint density at radius 3 is 2.58 bits per heavy atom. The largest absolute Gasteiger partial charge is 0.496 e. The molecular formula is C15H15ClFNO. The lowest BCUT2D eigenvalue weighted by Crippen LogP contribution is -2.19. The highest BCUT2D eigenvalue weighted by atomic mass is 35.5. The smallest absolute Gasteiger partial charge is 0.123 e. The molecule has 19 heavy (non-hydrogen) atoms. The third kappa shape index (κ3) is 2.88. The van der Waals surface area contributed by atoms with E-state index >= 15 is 0 Å². The lowest BCUT2D eigenvalue weighted by Gasteiger charge is -2.20. The highest BCUT2D eigenvalue weighted by Gasteiger charge is 2.19. The van der Waals surface area contributed by atoms with Gasteiger partial charge in [0.1, 0.15) is 11.6 Å². The van der Waals surface area contributed by atoms with Gasteiger partial charge in [-0.15, -0.1) is 0 Å². The van der Waals surface area contributed by atoms with Crippen LogP contribution in [0.3, 0.4) is 0 Å². The van der Waals surface area contributed by atoms with E-state index in [0.29, 0.717) is 10.6 Å². The van der Waals surface area contributed by atoms with Crippen LogP contribution in [0, 0.1) is 5.82 Å². The van der Waals surface area contributed by atoms with Crippen molar-refractivity contribution in [3.8, 4) is 5.75 Å². The minimum absolute atomic E-state index is 0.223. The van der Waals surface area contributed by atoms with Crippen molar-refractivity contribution in [2.45, 2.75) is 6.04 Å². The van der Waals surface area contributed by atoms with Gasteiger partial charge in [0.2, 0.25) is 0 Å². The van der Waals surface area contributed by atoms with Crippen LogP contribution in [-0.2, 0) is 0 Å². The first-order valence-corrected chi connectivity index (χ1v) is 6.30. The summed E-state index contributed by atoms with van der Waals surface area (Å²) in [5.74, 6) is 0.428. The number of hydrogen-bond donors (Lipinski definition) is 1. The molecular weight excluding hydrogens is 265 g/mol. The quantitative estimate of drug-likeness (QED) is 0.919. The van der Waals surface area contributed by atoms with Gasteiger partial charge in [0, 0.05) is 10.6 Å². The number of rotatable bonds is 4. The number of methoxy groups -OCH3 is 1. The molecule has 0 spiro atoms. The second-order valence-corrected chi connectivity index (χ2v) is 4.54. The molecule has 1 N–H and O–H groups in total. The fraction of sp³-hybridized carbons (Fsp3) is 0.200. The van der Waals surface area contributed by atoms with E-state index in [4.69, 9.17) is 16.3 Å². The summed E-state index contributed by atoms with van der Waals surface area (Å²) >= 11 is 6.17. The van der Waals surface area contributed by atoms with E-state index in [9.17, 15) is 4.39 Å². The molecule has 0 saturated carbocycles. The SMILES string of the molecule is CNC(c1cc(F)ccc1Cl)c1ccccc1OC. The first-order chi connectivity index (χ1) is 9.17. The number of para-hydroxylation sites is 1. The minimum atomic E-state index is -0.311. The van der Waals surface area contributed by atoms with Crippen molar-refractivity contribution in [2.24, 2.45) is 0 Å². The summed E-state index contributed by atoms with van der Waals surface area (Å²) in [6, 6.07) is 11.7. The fourth-order valence-electron chi connectivity index (χ4n) is 2.12. The Labute approximate surface area is 117 Å². The van der Waals surface area contributed by atoms with E-state index < -0.39 is 0 Å². The van der Waals surface area contributed by atoms with Crippen LogP contribution in [-0.4, -0.2) is 14.2 Å². The Morgan fingerprint density at radius 1 is 1.16 bits per heavy atom. The third-order valence-corrected chi connectivity index (χ3v) is 3.35. The topological polar surface area (TPSA) is 21.3 Å². The molecule has 0 aliphatic rings. The molecule has 0 heterocycles. The second-order valence-electron chi connectivity index (χ2n) is 4.13. The number of hydrogen-bond acceptors (Lipinski definition) is 2. The summed E-state index contributed by atoms with van der Waals surface area (Å²) in [4.78, 5) is 0. The standard InChI is InChI=1S/C15H15ClFNO/c1-18-15(11-5-3-4-6-14(11)19-2)12-9-10(17)7-8-13(12)16/h3-9,15,18H,1-2H3. The molecule has 1 atom stereocenters. The summed E-state index contributed by atoms with van der Waals surface area (Å²) in [6.45, 7) is 0. The molecule has 0 saturated heterocycles. The third-order valence-electron chi connectivity index (χ3n) is 3.01. The number of ether oxygens (including phenoxy) is 1. The number of halogens is 2. The molecule has 100 valence electrons. The van der Waals surface area contributed by atoms with Gasteiger partial charge in [-0.05, 0) is 36.9 Å². The number of benzene rings is 2. The predicted octanol–water partition coefficient (Wildman–Crippen LogP) is 3.80. The van der Waals surface area contributed by atoms with E-state index in [-0.39, 0.29) is 11.9 Å². The van der Waals surface area contributed by atoms with Crippen LogP contribution in [0.2, 0.25) is 5.02 Å². The second kappa shape index (κ2) is 6.04. The normalized spacial score (nSPS) is 12.2. The highest BCUT2D eigenvalue weighted by molar-refractivity contribution is 6.31. The van der Waals surface area contributed by atoms with Gasteiger partial charge >= 0.3 is 0 Å². The molecule has 4 heteroatoms. The summed E-state index contributed by atoms with van der Waals surface area (Å²) in [5.41, 5.74) is 1.61. The van der Waals surface area contributed by atoms with E-state index in [1.165, 1.54) is 12.1 Å². The van der Waals surface area contributed by atoms with Crippen LogP contribution in [0.25, 0.3) is 0 Å². The zero-order chi connectivity index (χ0) is 13.8. The molecule has 0 aliphatic heterocycles. The van der Waals surface area contributed by atoms with Gasteiger partial charge < -0.3 is 10.1 Å². The van der Waals surface area contributed by atoms with Crippen molar-refractivity contribution in [3.05, 3.63) is 64.4 Å². The van der Waals surface area contributed by atoms with Gasteiger partial charge in [0.05, 0.1) is 13.2 Å². The Morgan fingerprint density at radius 2 is 1.89 bits per heavy atom. The maximum Gasteiger partial charge on any atom is 0.123 e. The lowest BCUT2D eigenvalue weighted by molar-refractivity contribution is 0.405. The van der Waals surface area contributed by atoms with Gasteiger partial charge in [-0.2, -0.15) is 0 Å². The van der Waals surface area contributed by atoms with E-state index in [1.54, 1.807) is 20.2 Å². The van der Waals surface area contributed by atoms with Crippen LogP contribution in [0.1, 0.15) is 17.2 Å². The molecule has 2 nitrogen and oxygen atoms in total. The van der Waals surface area contributed by atoms with Crippen molar-refractivity contribution >= 4 is 11.6 Å². The summed E-state index contributed by atoms with van der Waals surface area (Å²) in [7, 11) is 3.41. The van der Waals surface area contributed by atoms with E-state index in [2.05, 4.69) is 5.32 Å². The molecule has 0 fully saturated rings. The molecule has 0 bridgehead atoms. The maximum atomic E-state index is 13.4. The Hall–Kier alpha value is -1.58. The van der Waals surface area contributed by atoms with Gasteiger partial charge in [-0.3, -0.25) is 0 Å². The Bertz CT molecular complexity index is 574. The van der Waals surface area contributed by atoms with Crippen LogP contribution >= 0.6 is 11.6 Å². The van der Waals surface area contributed by atoms with E-state index in [1.807, 2.05) is 24.3 Å². The highest BCUT2D eigenvalue weighted by Crippen LogP contribution is 2.33. The molecule has 2 aromatic rings. The zero-order valence-corrected chi connectivity index (χ0v) is 11.5. The Kier molecular flexibility index (Phi) is 4.40. The van der Waals surface area contributed by atoms with Crippen LogP contribution < -0.4 is 10.1 Å². The zero-order valence-electron chi connectivity index (χ0n) is 10.8. The Balaban J connectivity index is 2.53. The first kappa shape index (κ1) is 13.8. The van der Waals surface area contributed by atoms with Crippen molar-refractivity contribution in [2.75, 3.05) is 14.2 Å².